The van der Waals surface area contributed by atoms with E-state index in [1.54, 1.807) is 23.3 Å². The van der Waals surface area contributed by atoms with Crippen LogP contribution >= 0.6 is 0 Å². The van der Waals surface area contributed by atoms with Crippen LogP contribution in [0.2, 0.25) is 0 Å². The molecule has 6 nitrogen and oxygen atoms in total. The highest BCUT2D eigenvalue weighted by Gasteiger charge is 2.06. The maximum absolute atomic E-state index is 8.89. The highest BCUT2D eigenvalue weighted by Crippen LogP contribution is 2.09. The number of hydrogen-bond acceptors (Lipinski definition) is 5. The fourth-order valence-corrected chi connectivity index (χ4v) is 1.04. The lowest BCUT2D eigenvalue weighted by molar-refractivity contribution is -0.0459. The Hall–Kier alpha value is -1.79. The van der Waals surface area contributed by atoms with Crippen molar-refractivity contribution in [2.24, 2.45) is 0 Å². The third-order valence-corrected chi connectivity index (χ3v) is 1.71. The van der Waals surface area contributed by atoms with Crippen LogP contribution in [0.25, 0.3) is 5.82 Å². The van der Waals surface area contributed by atoms with Crippen molar-refractivity contribution in [2.45, 2.75) is 6.29 Å². The van der Waals surface area contributed by atoms with Gasteiger partial charge in [0, 0.05) is 18.5 Å². The fraction of sp³-hybridized carbons (Fsp3) is 0.125. The van der Waals surface area contributed by atoms with Gasteiger partial charge in [-0.2, -0.15) is 0 Å². The topological polar surface area (TPSA) is 84.1 Å². The zero-order valence-electron chi connectivity index (χ0n) is 7.15. The van der Waals surface area contributed by atoms with Gasteiger partial charge in [-0.1, -0.05) is 0 Å². The van der Waals surface area contributed by atoms with E-state index in [4.69, 9.17) is 10.2 Å². The minimum atomic E-state index is -1.58. The molecule has 0 atom stereocenters. The molecule has 0 radical (unpaired) electrons. The number of aromatic nitrogens is 4. The van der Waals surface area contributed by atoms with Gasteiger partial charge in [0.25, 0.3) is 0 Å². The Morgan fingerprint density at radius 2 is 2.14 bits per heavy atom. The average Bonchev–Trinajstić information content (AvgIpc) is 2.71. The standard InChI is InChI=1S/C8H8N4O2/c13-8(14)6-3-7(11-4-10-6)12-2-1-9-5-12/h1-5,8,13-14H. The third-order valence-electron chi connectivity index (χ3n) is 1.71. The lowest BCUT2D eigenvalue weighted by atomic mass is 10.4. The Morgan fingerprint density at radius 3 is 2.79 bits per heavy atom. The van der Waals surface area contributed by atoms with Crippen molar-refractivity contribution in [1.82, 2.24) is 19.5 Å². The fourth-order valence-electron chi connectivity index (χ4n) is 1.04. The van der Waals surface area contributed by atoms with E-state index in [-0.39, 0.29) is 5.69 Å². The number of aliphatic hydroxyl groups is 2. The Kier molecular flexibility index (Phi) is 2.21. The predicted octanol–water partition coefficient (Wildman–Crippen LogP) is -0.355. The summed E-state index contributed by atoms with van der Waals surface area (Å²) < 4.78 is 1.65. The summed E-state index contributed by atoms with van der Waals surface area (Å²) >= 11 is 0. The predicted molar refractivity (Wildman–Crippen MR) is 46.3 cm³/mol. The minimum Gasteiger partial charge on any atom is -0.363 e. The number of hydrogen-bond donors (Lipinski definition) is 2. The van der Waals surface area contributed by atoms with E-state index < -0.39 is 6.29 Å². The molecule has 2 heterocycles. The summed E-state index contributed by atoms with van der Waals surface area (Å²) in [6.45, 7) is 0. The first-order valence-corrected chi connectivity index (χ1v) is 3.94. The SMILES string of the molecule is OC(O)c1cc(-n2ccnc2)ncn1. The first kappa shape index (κ1) is 8.79. The molecule has 2 rings (SSSR count). The molecular weight excluding hydrogens is 184 g/mol. The molecule has 0 unspecified atom stereocenters. The van der Waals surface area contributed by atoms with Crippen LogP contribution in [0.3, 0.4) is 0 Å². The van der Waals surface area contributed by atoms with Crippen LogP contribution in [0.15, 0.2) is 31.1 Å². The van der Waals surface area contributed by atoms with E-state index in [1.807, 2.05) is 0 Å². The normalized spacial score (nSPS) is 10.8. The van der Waals surface area contributed by atoms with Crippen LogP contribution in [-0.4, -0.2) is 29.7 Å². The number of rotatable bonds is 2. The molecule has 2 aromatic heterocycles. The summed E-state index contributed by atoms with van der Waals surface area (Å²) in [5, 5.41) is 17.8. The Morgan fingerprint density at radius 1 is 1.29 bits per heavy atom. The van der Waals surface area contributed by atoms with Crippen LogP contribution in [0.4, 0.5) is 0 Å². The molecule has 0 bridgehead atoms. The first-order valence-electron chi connectivity index (χ1n) is 3.94. The summed E-state index contributed by atoms with van der Waals surface area (Å²) in [5.74, 6) is 0.542. The number of imidazole rings is 1. The Bertz CT molecular complexity index is 413. The zero-order valence-corrected chi connectivity index (χ0v) is 7.15. The van der Waals surface area contributed by atoms with E-state index in [0.29, 0.717) is 5.82 Å². The van der Waals surface area contributed by atoms with Gasteiger partial charge in [-0.25, -0.2) is 15.0 Å². The highest BCUT2D eigenvalue weighted by molar-refractivity contribution is 5.23. The van der Waals surface area contributed by atoms with Crippen molar-refractivity contribution < 1.29 is 10.2 Å². The second-order valence-electron chi connectivity index (χ2n) is 2.64. The minimum absolute atomic E-state index is 0.156. The van der Waals surface area contributed by atoms with Crippen molar-refractivity contribution >= 4 is 0 Å². The van der Waals surface area contributed by atoms with Crippen LogP contribution < -0.4 is 0 Å². The number of nitrogens with zero attached hydrogens (tertiary/aromatic N) is 4. The summed E-state index contributed by atoms with van der Waals surface area (Å²) in [5.41, 5.74) is 0.156. The van der Waals surface area contributed by atoms with Crippen LogP contribution in [0.1, 0.15) is 12.0 Å². The van der Waals surface area contributed by atoms with Crippen LogP contribution in [0.5, 0.6) is 0 Å². The molecule has 0 spiro atoms. The molecule has 0 aliphatic carbocycles. The van der Waals surface area contributed by atoms with E-state index in [0.717, 1.165) is 0 Å². The van der Waals surface area contributed by atoms with Gasteiger partial charge in [0.15, 0.2) is 6.29 Å². The van der Waals surface area contributed by atoms with Crippen LogP contribution in [-0.2, 0) is 0 Å². The van der Waals surface area contributed by atoms with Gasteiger partial charge in [-0.05, 0) is 0 Å². The first-order chi connectivity index (χ1) is 6.77. The molecule has 0 aliphatic heterocycles. The van der Waals surface area contributed by atoms with Gasteiger partial charge < -0.3 is 10.2 Å². The molecule has 6 heteroatoms. The molecule has 0 fully saturated rings. The summed E-state index contributed by atoms with van der Waals surface area (Å²) in [7, 11) is 0. The maximum Gasteiger partial charge on any atom is 0.196 e. The Labute approximate surface area is 79.5 Å². The van der Waals surface area contributed by atoms with Gasteiger partial charge >= 0.3 is 0 Å². The highest BCUT2D eigenvalue weighted by atomic mass is 16.5. The molecule has 14 heavy (non-hydrogen) atoms. The molecule has 2 aromatic rings. The van der Waals surface area contributed by atoms with Gasteiger partial charge in [-0.15, -0.1) is 0 Å². The molecule has 0 aromatic carbocycles. The quantitative estimate of drug-likeness (QED) is 0.635. The summed E-state index contributed by atoms with van der Waals surface area (Å²) in [4.78, 5) is 11.5. The van der Waals surface area contributed by atoms with Gasteiger partial charge in [0.05, 0.1) is 0 Å². The van der Waals surface area contributed by atoms with Crippen LogP contribution in [0, 0.1) is 0 Å². The van der Waals surface area contributed by atoms with Crippen molar-refractivity contribution in [3.05, 3.63) is 36.8 Å². The van der Waals surface area contributed by atoms with Gasteiger partial charge in [-0.3, -0.25) is 4.57 Å². The van der Waals surface area contributed by atoms with Crippen molar-refractivity contribution in [1.29, 1.82) is 0 Å². The summed E-state index contributed by atoms with van der Waals surface area (Å²) in [6.07, 6.45) is 4.56. The molecule has 0 saturated heterocycles. The molecule has 0 saturated carbocycles. The van der Waals surface area contributed by atoms with E-state index in [9.17, 15) is 0 Å². The van der Waals surface area contributed by atoms with Gasteiger partial charge in [0.1, 0.15) is 24.2 Å². The summed E-state index contributed by atoms with van der Waals surface area (Å²) in [6, 6.07) is 1.48. The lowest BCUT2D eigenvalue weighted by Gasteiger charge is -2.04. The average molecular weight is 192 g/mol. The Balaban J connectivity index is 2.41. The maximum atomic E-state index is 8.89. The monoisotopic (exact) mass is 192 g/mol. The molecule has 0 aliphatic rings. The smallest absolute Gasteiger partial charge is 0.196 e. The molecular formula is C8H8N4O2. The lowest BCUT2D eigenvalue weighted by Crippen LogP contribution is -2.02. The molecule has 0 amide bonds. The van der Waals surface area contributed by atoms with Crippen molar-refractivity contribution in [3.8, 4) is 5.82 Å². The molecule has 2 N–H and O–H groups in total. The van der Waals surface area contributed by atoms with Crippen molar-refractivity contribution in [3.63, 3.8) is 0 Å². The second-order valence-corrected chi connectivity index (χ2v) is 2.64. The second kappa shape index (κ2) is 3.52. The zero-order chi connectivity index (χ0) is 9.97. The third kappa shape index (κ3) is 1.61. The molecule has 72 valence electrons. The largest absolute Gasteiger partial charge is 0.363 e. The van der Waals surface area contributed by atoms with E-state index >= 15 is 0 Å². The van der Waals surface area contributed by atoms with E-state index in [2.05, 4.69) is 15.0 Å². The number of aliphatic hydroxyl groups excluding tert-OH is 1. The van der Waals surface area contributed by atoms with E-state index in [1.165, 1.54) is 12.4 Å². The van der Waals surface area contributed by atoms with Gasteiger partial charge in [0.2, 0.25) is 0 Å². The van der Waals surface area contributed by atoms with Crippen molar-refractivity contribution in [2.75, 3.05) is 0 Å².